The first-order valence-electron chi connectivity index (χ1n) is 7.49. The van der Waals surface area contributed by atoms with Crippen LogP contribution in [-0.4, -0.2) is 24.2 Å². The molecular formula is C15H26N2OS. The van der Waals surface area contributed by atoms with Gasteiger partial charge in [0.15, 0.2) is 0 Å². The maximum Gasteiger partial charge on any atom is 0.0900 e. The van der Waals surface area contributed by atoms with Crippen molar-refractivity contribution < 1.29 is 4.74 Å². The van der Waals surface area contributed by atoms with E-state index in [-0.39, 0.29) is 0 Å². The van der Waals surface area contributed by atoms with Crippen LogP contribution in [0.5, 0.6) is 0 Å². The third kappa shape index (κ3) is 4.26. The Kier molecular flexibility index (Phi) is 5.79. The molecule has 1 fully saturated rings. The third-order valence-corrected chi connectivity index (χ3v) is 4.88. The van der Waals surface area contributed by atoms with E-state index in [2.05, 4.69) is 31.1 Å². The van der Waals surface area contributed by atoms with Gasteiger partial charge in [-0.1, -0.05) is 6.92 Å². The Morgan fingerprint density at radius 1 is 1.47 bits per heavy atom. The second kappa shape index (κ2) is 7.36. The molecule has 108 valence electrons. The fourth-order valence-electron chi connectivity index (χ4n) is 2.74. The minimum atomic E-state index is 0.454. The lowest BCUT2D eigenvalue weighted by atomic mass is 10.0. The molecule has 1 N–H and O–H groups in total. The molecule has 0 aliphatic carbocycles. The number of ether oxygens (including phenoxy) is 1. The summed E-state index contributed by atoms with van der Waals surface area (Å²) in [6.45, 7) is 8.47. The molecule has 3 nitrogen and oxygen atoms in total. The average molecular weight is 282 g/mol. The number of hydrogen-bond acceptors (Lipinski definition) is 4. The van der Waals surface area contributed by atoms with Crippen molar-refractivity contribution >= 4 is 11.3 Å². The zero-order valence-corrected chi connectivity index (χ0v) is 13.2. The van der Waals surface area contributed by atoms with Crippen LogP contribution in [0.1, 0.15) is 60.6 Å². The average Bonchev–Trinajstić information content (AvgIpc) is 3.00. The number of aromatic nitrogens is 1. The van der Waals surface area contributed by atoms with Gasteiger partial charge in [-0.05, 0) is 52.5 Å². The summed E-state index contributed by atoms with van der Waals surface area (Å²) in [6.07, 6.45) is 6.45. The standard InChI is InChI=1S/C15H26N2OS/c1-4-9-16-14(8-7-13-6-5-10-18-13)15-11(2)17-12(3)19-15/h13-14,16H,4-10H2,1-3H3. The summed E-state index contributed by atoms with van der Waals surface area (Å²) in [4.78, 5) is 5.99. The van der Waals surface area contributed by atoms with Gasteiger partial charge in [-0.15, -0.1) is 11.3 Å². The molecule has 0 bridgehead atoms. The van der Waals surface area contributed by atoms with E-state index in [0.717, 1.165) is 26.0 Å². The molecule has 0 spiro atoms. The largest absolute Gasteiger partial charge is 0.378 e. The van der Waals surface area contributed by atoms with Crippen molar-refractivity contribution in [2.75, 3.05) is 13.2 Å². The van der Waals surface area contributed by atoms with Crippen molar-refractivity contribution in [3.05, 3.63) is 15.6 Å². The van der Waals surface area contributed by atoms with E-state index in [4.69, 9.17) is 4.74 Å². The van der Waals surface area contributed by atoms with Crippen LogP contribution in [0.4, 0.5) is 0 Å². The second-order valence-electron chi connectivity index (χ2n) is 5.40. The van der Waals surface area contributed by atoms with Gasteiger partial charge in [-0.25, -0.2) is 4.98 Å². The van der Waals surface area contributed by atoms with Crippen molar-refractivity contribution in [2.24, 2.45) is 0 Å². The zero-order valence-electron chi connectivity index (χ0n) is 12.4. The predicted octanol–water partition coefficient (Wildman–Crippen LogP) is 3.76. The molecule has 19 heavy (non-hydrogen) atoms. The maximum absolute atomic E-state index is 5.74. The second-order valence-corrected chi connectivity index (χ2v) is 6.64. The highest BCUT2D eigenvalue weighted by Crippen LogP contribution is 2.30. The highest BCUT2D eigenvalue weighted by Gasteiger charge is 2.21. The van der Waals surface area contributed by atoms with E-state index < -0.39 is 0 Å². The Hall–Kier alpha value is -0.450. The first-order chi connectivity index (χ1) is 9.20. The Bertz CT molecular complexity index is 385. The lowest BCUT2D eigenvalue weighted by Gasteiger charge is -2.19. The van der Waals surface area contributed by atoms with Crippen LogP contribution < -0.4 is 5.32 Å². The van der Waals surface area contributed by atoms with Crippen LogP contribution in [-0.2, 0) is 4.74 Å². The van der Waals surface area contributed by atoms with Gasteiger partial charge in [0.05, 0.1) is 16.8 Å². The summed E-state index contributed by atoms with van der Waals surface area (Å²) >= 11 is 1.84. The van der Waals surface area contributed by atoms with E-state index in [1.54, 1.807) is 0 Å². The monoisotopic (exact) mass is 282 g/mol. The molecule has 1 aromatic heterocycles. The number of hydrogen-bond donors (Lipinski definition) is 1. The highest BCUT2D eigenvalue weighted by atomic mass is 32.1. The Morgan fingerprint density at radius 2 is 2.32 bits per heavy atom. The third-order valence-electron chi connectivity index (χ3n) is 3.70. The number of nitrogens with one attached hydrogen (secondary N) is 1. The number of nitrogens with zero attached hydrogens (tertiary/aromatic N) is 1. The quantitative estimate of drug-likeness (QED) is 0.827. The SMILES string of the molecule is CCCNC(CCC1CCCO1)c1sc(C)nc1C. The smallest absolute Gasteiger partial charge is 0.0900 e. The molecule has 4 heteroatoms. The van der Waals surface area contributed by atoms with Gasteiger partial charge in [0, 0.05) is 17.5 Å². The van der Waals surface area contributed by atoms with Crippen molar-refractivity contribution in [2.45, 2.75) is 65.0 Å². The molecule has 2 rings (SSSR count). The molecule has 2 atom stereocenters. The minimum Gasteiger partial charge on any atom is -0.378 e. The Balaban J connectivity index is 1.96. The van der Waals surface area contributed by atoms with Crippen molar-refractivity contribution in [1.29, 1.82) is 0 Å². The van der Waals surface area contributed by atoms with E-state index in [1.807, 2.05) is 11.3 Å². The molecular weight excluding hydrogens is 256 g/mol. The minimum absolute atomic E-state index is 0.454. The van der Waals surface area contributed by atoms with Gasteiger partial charge in [-0.2, -0.15) is 0 Å². The fraction of sp³-hybridized carbons (Fsp3) is 0.800. The number of thiazole rings is 1. The van der Waals surface area contributed by atoms with Gasteiger partial charge in [0.25, 0.3) is 0 Å². The summed E-state index contributed by atoms with van der Waals surface area (Å²) in [7, 11) is 0. The van der Waals surface area contributed by atoms with Gasteiger partial charge < -0.3 is 10.1 Å². The predicted molar refractivity (Wildman–Crippen MR) is 80.8 cm³/mol. The molecule has 1 aliphatic heterocycles. The molecule has 2 unspecified atom stereocenters. The van der Waals surface area contributed by atoms with E-state index in [9.17, 15) is 0 Å². The molecule has 0 radical (unpaired) electrons. The number of rotatable bonds is 7. The van der Waals surface area contributed by atoms with Crippen molar-refractivity contribution in [3.63, 3.8) is 0 Å². The van der Waals surface area contributed by atoms with E-state index >= 15 is 0 Å². The molecule has 0 amide bonds. The van der Waals surface area contributed by atoms with Gasteiger partial charge in [-0.3, -0.25) is 0 Å². The summed E-state index contributed by atoms with van der Waals surface area (Å²) < 4.78 is 5.74. The van der Waals surface area contributed by atoms with Crippen LogP contribution in [0.2, 0.25) is 0 Å². The van der Waals surface area contributed by atoms with Crippen LogP contribution in [0.15, 0.2) is 0 Å². The lowest BCUT2D eigenvalue weighted by molar-refractivity contribution is 0.0996. The van der Waals surface area contributed by atoms with E-state index in [0.29, 0.717) is 12.1 Å². The summed E-state index contributed by atoms with van der Waals surface area (Å²) in [5.41, 5.74) is 1.20. The molecule has 1 saturated heterocycles. The summed E-state index contributed by atoms with van der Waals surface area (Å²) in [5.74, 6) is 0. The van der Waals surface area contributed by atoms with Crippen LogP contribution in [0.3, 0.4) is 0 Å². The first kappa shape index (κ1) is 14.9. The highest BCUT2D eigenvalue weighted by molar-refractivity contribution is 7.11. The van der Waals surface area contributed by atoms with Gasteiger partial charge in [0.2, 0.25) is 0 Å². The van der Waals surface area contributed by atoms with Crippen LogP contribution in [0, 0.1) is 13.8 Å². The van der Waals surface area contributed by atoms with E-state index in [1.165, 1.54) is 34.8 Å². The molecule has 1 aromatic rings. The van der Waals surface area contributed by atoms with Crippen molar-refractivity contribution in [1.82, 2.24) is 10.3 Å². The van der Waals surface area contributed by atoms with Gasteiger partial charge >= 0.3 is 0 Å². The van der Waals surface area contributed by atoms with Crippen molar-refractivity contribution in [3.8, 4) is 0 Å². The van der Waals surface area contributed by atoms with Crippen LogP contribution >= 0.6 is 11.3 Å². The topological polar surface area (TPSA) is 34.1 Å². The number of aryl methyl sites for hydroxylation is 2. The molecule has 0 aromatic carbocycles. The summed E-state index contributed by atoms with van der Waals surface area (Å²) in [5, 5.41) is 4.85. The molecule has 2 heterocycles. The maximum atomic E-state index is 5.74. The van der Waals surface area contributed by atoms with Crippen LogP contribution in [0.25, 0.3) is 0 Å². The zero-order chi connectivity index (χ0) is 13.7. The first-order valence-corrected chi connectivity index (χ1v) is 8.31. The normalized spacial score (nSPS) is 20.9. The molecule has 1 aliphatic rings. The van der Waals surface area contributed by atoms with Gasteiger partial charge in [0.1, 0.15) is 0 Å². The Morgan fingerprint density at radius 3 is 2.89 bits per heavy atom. The fourth-order valence-corrected chi connectivity index (χ4v) is 3.78. The lowest BCUT2D eigenvalue weighted by Crippen LogP contribution is -2.23. The summed E-state index contributed by atoms with van der Waals surface area (Å²) in [6, 6.07) is 0.454. The Labute approximate surface area is 120 Å². The molecule has 0 saturated carbocycles.